The first-order valence-corrected chi connectivity index (χ1v) is 5.81. The maximum atomic E-state index is 9.16. The molecule has 0 unspecified atom stereocenters. The van der Waals surface area contributed by atoms with Gasteiger partial charge in [0.1, 0.15) is 5.75 Å². The molecule has 1 saturated heterocycles. The van der Waals surface area contributed by atoms with Gasteiger partial charge in [0.25, 0.3) is 0 Å². The summed E-state index contributed by atoms with van der Waals surface area (Å²) in [6.45, 7) is 1.59. The van der Waals surface area contributed by atoms with Gasteiger partial charge in [-0.1, -0.05) is 12.1 Å². The van der Waals surface area contributed by atoms with Crippen molar-refractivity contribution in [2.24, 2.45) is 5.92 Å². The molecule has 0 amide bonds. The second kappa shape index (κ2) is 5.53. The number of methoxy groups -OCH3 is 1. The summed E-state index contributed by atoms with van der Waals surface area (Å²) in [5, 5.41) is 18.3. The van der Waals surface area contributed by atoms with Crippen LogP contribution < -0.4 is 10.2 Å². The molecule has 1 aromatic rings. The van der Waals surface area contributed by atoms with Crippen LogP contribution in [-0.4, -0.2) is 37.5 Å². The van der Waals surface area contributed by atoms with Crippen molar-refractivity contribution in [2.75, 3.05) is 20.3 Å². The van der Waals surface area contributed by atoms with E-state index in [1.165, 1.54) is 0 Å². The third kappa shape index (κ3) is 3.00. The van der Waals surface area contributed by atoms with Gasteiger partial charge in [0, 0.05) is 13.2 Å². The Kier molecular flexibility index (Phi) is 4.04. The molecule has 2 N–H and O–H groups in total. The maximum absolute atomic E-state index is 9.16. The molecule has 5 heteroatoms. The molecule has 0 spiro atoms. The number of benzene rings is 1. The molecule has 1 fully saturated rings. The van der Waals surface area contributed by atoms with Crippen LogP contribution in [0.15, 0.2) is 18.2 Å². The summed E-state index contributed by atoms with van der Waals surface area (Å²) in [5.74, 6) is 1.29. The number of rotatable bonds is 4. The summed E-state index contributed by atoms with van der Waals surface area (Å²) in [6.07, 6.45) is 1.90. The Morgan fingerprint density at radius 3 is 2.88 bits per heavy atom. The first-order chi connectivity index (χ1) is 8.20. The van der Waals surface area contributed by atoms with Crippen molar-refractivity contribution in [1.29, 1.82) is 0 Å². The molecule has 0 aliphatic carbocycles. The summed E-state index contributed by atoms with van der Waals surface area (Å²) in [6, 6.07) is 5.24. The molecule has 92 valence electrons. The summed E-state index contributed by atoms with van der Waals surface area (Å²) in [7, 11) is 0.193. The zero-order valence-corrected chi connectivity index (χ0v) is 9.93. The third-order valence-electron chi connectivity index (χ3n) is 3.14. The molecular formula is C12H17BO4. The van der Waals surface area contributed by atoms with Gasteiger partial charge in [-0.25, -0.2) is 0 Å². The minimum Gasteiger partial charge on any atom is -0.496 e. The number of hydrogen-bond acceptors (Lipinski definition) is 4. The minimum absolute atomic E-state index is 0.495. The Balaban J connectivity index is 2.19. The largest absolute Gasteiger partial charge is 0.496 e. The Labute approximate surface area is 101 Å². The van der Waals surface area contributed by atoms with E-state index < -0.39 is 7.12 Å². The van der Waals surface area contributed by atoms with Gasteiger partial charge in [-0.05, 0) is 35.9 Å². The van der Waals surface area contributed by atoms with Gasteiger partial charge in [0.2, 0.25) is 0 Å². The van der Waals surface area contributed by atoms with Gasteiger partial charge in [0.05, 0.1) is 7.11 Å². The van der Waals surface area contributed by atoms with Crippen LogP contribution in [0.1, 0.15) is 12.0 Å². The highest BCUT2D eigenvalue weighted by molar-refractivity contribution is 6.58. The molecule has 1 atom stereocenters. The van der Waals surface area contributed by atoms with Gasteiger partial charge >= 0.3 is 7.12 Å². The zero-order chi connectivity index (χ0) is 12.3. The Morgan fingerprint density at radius 1 is 1.47 bits per heavy atom. The molecule has 1 aliphatic rings. The van der Waals surface area contributed by atoms with Crippen LogP contribution in [0.3, 0.4) is 0 Å². The molecule has 0 bridgehead atoms. The summed E-state index contributed by atoms with van der Waals surface area (Å²) in [4.78, 5) is 0. The van der Waals surface area contributed by atoms with Gasteiger partial charge in [-0.3, -0.25) is 0 Å². The molecule has 0 radical (unpaired) electrons. The Morgan fingerprint density at radius 2 is 2.29 bits per heavy atom. The molecule has 1 aliphatic heterocycles. The van der Waals surface area contributed by atoms with Crippen molar-refractivity contribution in [2.45, 2.75) is 12.8 Å². The van der Waals surface area contributed by atoms with E-state index in [9.17, 15) is 0 Å². The molecule has 4 nitrogen and oxygen atoms in total. The highest BCUT2D eigenvalue weighted by atomic mass is 16.5. The van der Waals surface area contributed by atoms with E-state index in [1.54, 1.807) is 25.3 Å². The topological polar surface area (TPSA) is 58.9 Å². The van der Waals surface area contributed by atoms with Crippen LogP contribution in [0.5, 0.6) is 5.75 Å². The lowest BCUT2D eigenvalue weighted by atomic mass is 9.78. The standard InChI is InChI=1S/C12H17BO4/c1-16-12-3-2-11(13(14)15)7-10(12)6-9-4-5-17-8-9/h2-3,7,9,14-15H,4-6,8H2,1H3/t9-/m0/s1. The van der Waals surface area contributed by atoms with Crippen molar-refractivity contribution in [1.82, 2.24) is 0 Å². The normalized spacial score (nSPS) is 19.4. The molecular weight excluding hydrogens is 219 g/mol. The van der Waals surface area contributed by atoms with Gasteiger partial charge < -0.3 is 19.5 Å². The molecule has 0 saturated carbocycles. The van der Waals surface area contributed by atoms with E-state index in [2.05, 4.69) is 0 Å². The predicted octanol–water partition coefficient (Wildman–Crippen LogP) is -0.0460. The van der Waals surface area contributed by atoms with Crippen LogP contribution >= 0.6 is 0 Å². The SMILES string of the molecule is COc1ccc(B(O)O)cc1C[C@@H]1CCOC1. The van der Waals surface area contributed by atoms with Crippen molar-refractivity contribution in [3.63, 3.8) is 0 Å². The van der Waals surface area contributed by atoms with Gasteiger partial charge in [0.15, 0.2) is 0 Å². The van der Waals surface area contributed by atoms with Crippen LogP contribution in [0.25, 0.3) is 0 Å². The lowest BCUT2D eigenvalue weighted by Crippen LogP contribution is -2.30. The van der Waals surface area contributed by atoms with Gasteiger partial charge in [-0.15, -0.1) is 0 Å². The lowest BCUT2D eigenvalue weighted by Gasteiger charge is -2.13. The molecule has 17 heavy (non-hydrogen) atoms. The number of ether oxygens (including phenoxy) is 2. The summed E-state index contributed by atoms with van der Waals surface area (Å²) in [5.41, 5.74) is 1.51. The second-order valence-electron chi connectivity index (χ2n) is 4.38. The minimum atomic E-state index is -1.43. The molecule has 2 rings (SSSR count). The Bertz CT molecular complexity index is 375. The van der Waals surface area contributed by atoms with Gasteiger partial charge in [-0.2, -0.15) is 0 Å². The fraction of sp³-hybridized carbons (Fsp3) is 0.500. The summed E-state index contributed by atoms with van der Waals surface area (Å²) >= 11 is 0. The molecule has 1 heterocycles. The first-order valence-electron chi connectivity index (χ1n) is 5.81. The average Bonchev–Trinajstić information content (AvgIpc) is 2.81. The van der Waals surface area contributed by atoms with Crippen LogP contribution in [0, 0.1) is 5.92 Å². The van der Waals surface area contributed by atoms with E-state index in [1.807, 2.05) is 0 Å². The highest BCUT2D eigenvalue weighted by Crippen LogP contribution is 2.24. The molecule has 1 aromatic carbocycles. The fourth-order valence-electron chi connectivity index (χ4n) is 2.17. The van der Waals surface area contributed by atoms with Crippen LogP contribution in [-0.2, 0) is 11.2 Å². The quantitative estimate of drug-likeness (QED) is 0.720. The highest BCUT2D eigenvalue weighted by Gasteiger charge is 2.20. The monoisotopic (exact) mass is 236 g/mol. The zero-order valence-electron chi connectivity index (χ0n) is 9.93. The predicted molar refractivity (Wildman–Crippen MR) is 65.4 cm³/mol. The average molecular weight is 236 g/mol. The smallest absolute Gasteiger partial charge is 0.488 e. The van der Waals surface area contributed by atoms with Crippen LogP contribution in [0.4, 0.5) is 0 Å². The van der Waals surface area contributed by atoms with Crippen LogP contribution in [0.2, 0.25) is 0 Å². The maximum Gasteiger partial charge on any atom is 0.488 e. The van der Waals surface area contributed by atoms with Crippen molar-refractivity contribution in [3.05, 3.63) is 23.8 Å². The first kappa shape index (κ1) is 12.4. The van der Waals surface area contributed by atoms with E-state index in [0.717, 1.165) is 37.4 Å². The van der Waals surface area contributed by atoms with E-state index in [-0.39, 0.29) is 0 Å². The fourth-order valence-corrected chi connectivity index (χ4v) is 2.17. The Hall–Kier alpha value is -1.04. The van der Waals surface area contributed by atoms with Crippen molar-refractivity contribution >= 4 is 12.6 Å². The number of hydrogen-bond donors (Lipinski definition) is 2. The molecule has 0 aromatic heterocycles. The van der Waals surface area contributed by atoms with Crippen molar-refractivity contribution in [3.8, 4) is 5.75 Å². The van der Waals surface area contributed by atoms with E-state index in [0.29, 0.717) is 11.4 Å². The van der Waals surface area contributed by atoms with E-state index in [4.69, 9.17) is 19.5 Å². The lowest BCUT2D eigenvalue weighted by molar-refractivity contribution is 0.185. The van der Waals surface area contributed by atoms with Crippen molar-refractivity contribution < 1.29 is 19.5 Å². The third-order valence-corrected chi connectivity index (χ3v) is 3.14. The summed E-state index contributed by atoms with van der Waals surface area (Å²) < 4.78 is 10.6. The van der Waals surface area contributed by atoms with E-state index >= 15 is 0 Å². The second-order valence-corrected chi connectivity index (χ2v) is 4.38.